The summed E-state index contributed by atoms with van der Waals surface area (Å²) in [5.41, 5.74) is -0.610. The van der Waals surface area contributed by atoms with Gasteiger partial charge in [0.1, 0.15) is 0 Å². The SMILES string of the molecule is C[C@H]1C(=O)O[C@@H]2OC(C)(C)OO[C@@]23CCCC[C@@H]13. The lowest BCUT2D eigenvalue weighted by molar-refractivity contribution is -0.556. The summed E-state index contributed by atoms with van der Waals surface area (Å²) < 4.78 is 11.2. The molecular weight excluding hydrogens is 236 g/mol. The summed E-state index contributed by atoms with van der Waals surface area (Å²) in [5, 5.41) is 0. The lowest BCUT2D eigenvalue weighted by atomic mass is 9.67. The van der Waals surface area contributed by atoms with Gasteiger partial charge in [-0.3, -0.25) is 4.79 Å². The van der Waals surface area contributed by atoms with Gasteiger partial charge < -0.3 is 9.47 Å². The highest BCUT2D eigenvalue weighted by Gasteiger charge is 2.62. The van der Waals surface area contributed by atoms with E-state index in [1.54, 1.807) is 13.8 Å². The predicted molar refractivity (Wildman–Crippen MR) is 61.1 cm³/mol. The summed E-state index contributed by atoms with van der Waals surface area (Å²) in [6.45, 7) is 5.41. The molecule has 1 aliphatic carbocycles. The van der Waals surface area contributed by atoms with Crippen molar-refractivity contribution < 1.29 is 24.0 Å². The average Bonchev–Trinajstić information content (AvgIpc) is 2.32. The molecule has 1 saturated carbocycles. The zero-order valence-electron chi connectivity index (χ0n) is 11.1. The Morgan fingerprint density at radius 3 is 2.78 bits per heavy atom. The van der Waals surface area contributed by atoms with E-state index in [1.807, 2.05) is 6.92 Å². The van der Waals surface area contributed by atoms with Crippen LogP contribution < -0.4 is 0 Å². The van der Waals surface area contributed by atoms with Crippen molar-refractivity contribution in [3.8, 4) is 0 Å². The van der Waals surface area contributed by atoms with Gasteiger partial charge in [0.2, 0.25) is 6.29 Å². The molecule has 0 N–H and O–H groups in total. The van der Waals surface area contributed by atoms with Crippen LogP contribution in [0.3, 0.4) is 0 Å². The molecule has 0 amide bonds. The van der Waals surface area contributed by atoms with Gasteiger partial charge in [0.05, 0.1) is 5.92 Å². The van der Waals surface area contributed by atoms with E-state index in [4.69, 9.17) is 19.2 Å². The minimum absolute atomic E-state index is 0.119. The normalized spacial score (nSPS) is 46.8. The summed E-state index contributed by atoms with van der Waals surface area (Å²) in [6.07, 6.45) is 3.29. The van der Waals surface area contributed by atoms with Crippen LogP contribution in [-0.2, 0) is 24.0 Å². The lowest BCUT2D eigenvalue weighted by Gasteiger charge is -2.55. The second-order valence-corrected chi connectivity index (χ2v) is 6.05. The summed E-state index contributed by atoms with van der Waals surface area (Å²) in [5.74, 6) is -1.11. The molecule has 5 nitrogen and oxygen atoms in total. The molecule has 2 heterocycles. The summed E-state index contributed by atoms with van der Waals surface area (Å²) in [4.78, 5) is 23.0. The van der Waals surface area contributed by atoms with Gasteiger partial charge in [-0.1, -0.05) is 19.8 Å². The summed E-state index contributed by atoms with van der Waals surface area (Å²) >= 11 is 0. The average molecular weight is 256 g/mol. The lowest BCUT2D eigenvalue weighted by Crippen LogP contribution is -2.66. The van der Waals surface area contributed by atoms with Gasteiger partial charge in [-0.15, -0.1) is 0 Å². The fourth-order valence-corrected chi connectivity index (χ4v) is 3.36. The first-order valence-electron chi connectivity index (χ1n) is 6.70. The van der Waals surface area contributed by atoms with Crippen LogP contribution in [-0.4, -0.2) is 23.6 Å². The number of rotatable bonds is 0. The summed E-state index contributed by atoms with van der Waals surface area (Å²) in [6, 6.07) is 0. The first-order chi connectivity index (χ1) is 8.45. The number of carbonyl (C=O) groups is 1. The molecule has 0 aromatic carbocycles. The predicted octanol–water partition coefficient (Wildman–Crippen LogP) is 2.15. The van der Waals surface area contributed by atoms with Gasteiger partial charge >= 0.3 is 5.97 Å². The van der Waals surface area contributed by atoms with Crippen molar-refractivity contribution in [3.05, 3.63) is 0 Å². The molecule has 2 saturated heterocycles. The van der Waals surface area contributed by atoms with E-state index in [0.717, 1.165) is 25.7 Å². The Kier molecular flexibility index (Phi) is 2.70. The van der Waals surface area contributed by atoms with Crippen molar-refractivity contribution in [2.75, 3.05) is 0 Å². The van der Waals surface area contributed by atoms with Crippen LogP contribution in [0.25, 0.3) is 0 Å². The fourth-order valence-electron chi connectivity index (χ4n) is 3.36. The highest BCUT2D eigenvalue weighted by molar-refractivity contribution is 5.74. The van der Waals surface area contributed by atoms with Gasteiger partial charge in [-0.2, -0.15) is 0 Å². The quantitative estimate of drug-likeness (QED) is 0.491. The van der Waals surface area contributed by atoms with Crippen LogP contribution >= 0.6 is 0 Å². The van der Waals surface area contributed by atoms with E-state index in [9.17, 15) is 4.79 Å². The Morgan fingerprint density at radius 2 is 2.00 bits per heavy atom. The fraction of sp³-hybridized carbons (Fsp3) is 0.923. The highest BCUT2D eigenvalue weighted by Crippen LogP contribution is 2.51. The van der Waals surface area contributed by atoms with Crippen molar-refractivity contribution in [3.63, 3.8) is 0 Å². The van der Waals surface area contributed by atoms with Gasteiger partial charge in [0.25, 0.3) is 0 Å². The largest absolute Gasteiger partial charge is 0.432 e. The Morgan fingerprint density at radius 1 is 1.22 bits per heavy atom. The third kappa shape index (κ3) is 1.68. The van der Waals surface area contributed by atoms with Crippen molar-refractivity contribution in [1.29, 1.82) is 0 Å². The molecule has 3 rings (SSSR count). The minimum Gasteiger partial charge on any atom is -0.432 e. The highest BCUT2D eigenvalue weighted by atomic mass is 17.3. The van der Waals surface area contributed by atoms with Crippen molar-refractivity contribution >= 4 is 5.97 Å². The molecule has 3 aliphatic rings. The van der Waals surface area contributed by atoms with Gasteiger partial charge in [-0.25, -0.2) is 9.78 Å². The topological polar surface area (TPSA) is 54.0 Å². The molecule has 18 heavy (non-hydrogen) atoms. The number of carbonyl (C=O) groups excluding carboxylic acids is 1. The monoisotopic (exact) mass is 256 g/mol. The van der Waals surface area contributed by atoms with Gasteiger partial charge in [-0.05, 0) is 26.7 Å². The Bertz CT molecular complexity index is 366. The maximum atomic E-state index is 11.9. The maximum Gasteiger partial charge on any atom is 0.311 e. The molecule has 0 aromatic rings. The molecule has 0 aromatic heterocycles. The van der Waals surface area contributed by atoms with Crippen LogP contribution in [0.4, 0.5) is 0 Å². The zero-order valence-corrected chi connectivity index (χ0v) is 11.1. The molecule has 1 spiro atoms. The van der Waals surface area contributed by atoms with Crippen molar-refractivity contribution in [2.45, 2.75) is 64.1 Å². The van der Waals surface area contributed by atoms with Crippen LogP contribution in [0, 0.1) is 11.8 Å². The molecular formula is C13H20O5. The van der Waals surface area contributed by atoms with Crippen molar-refractivity contribution in [1.82, 2.24) is 0 Å². The minimum atomic E-state index is -0.876. The number of esters is 1. The second kappa shape index (κ2) is 3.92. The molecule has 102 valence electrons. The van der Waals surface area contributed by atoms with Crippen LogP contribution in [0.1, 0.15) is 46.5 Å². The molecule has 5 heteroatoms. The van der Waals surface area contributed by atoms with E-state index in [-0.39, 0.29) is 17.8 Å². The standard InChI is InChI=1S/C13H20O5/c1-8-9-6-4-5-7-13(9)11(15-10(8)14)16-12(2,3)17-18-13/h8-9,11H,4-7H2,1-3H3/t8-,9+,11-,13-/m1/s1. The summed E-state index contributed by atoms with van der Waals surface area (Å²) in [7, 11) is 0. The third-order valence-corrected chi connectivity index (χ3v) is 4.35. The van der Waals surface area contributed by atoms with E-state index in [0.29, 0.717) is 0 Å². The van der Waals surface area contributed by atoms with Crippen molar-refractivity contribution in [2.24, 2.45) is 11.8 Å². The van der Waals surface area contributed by atoms with Crippen LogP contribution in [0.15, 0.2) is 0 Å². The van der Waals surface area contributed by atoms with Crippen LogP contribution in [0.2, 0.25) is 0 Å². The number of hydrogen-bond acceptors (Lipinski definition) is 5. The molecule has 0 radical (unpaired) electrons. The van der Waals surface area contributed by atoms with Gasteiger partial charge in [0, 0.05) is 5.92 Å². The van der Waals surface area contributed by atoms with Gasteiger partial charge in [0.15, 0.2) is 11.4 Å². The number of hydrogen-bond donors (Lipinski definition) is 0. The van der Waals surface area contributed by atoms with E-state index in [2.05, 4.69) is 0 Å². The molecule has 2 aliphatic heterocycles. The smallest absolute Gasteiger partial charge is 0.311 e. The maximum absolute atomic E-state index is 11.9. The van der Waals surface area contributed by atoms with E-state index >= 15 is 0 Å². The van der Waals surface area contributed by atoms with E-state index < -0.39 is 17.7 Å². The molecule has 4 atom stereocenters. The number of ether oxygens (including phenoxy) is 2. The molecule has 0 unspecified atom stereocenters. The Balaban J connectivity index is 1.94. The van der Waals surface area contributed by atoms with Crippen LogP contribution in [0.5, 0.6) is 0 Å². The molecule has 3 fully saturated rings. The molecule has 0 bridgehead atoms. The Labute approximate surface area is 107 Å². The second-order valence-electron chi connectivity index (χ2n) is 6.05. The zero-order chi connectivity index (χ0) is 13.0. The third-order valence-electron chi connectivity index (χ3n) is 4.35. The first-order valence-corrected chi connectivity index (χ1v) is 6.70. The van der Waals surface area contributed by atoms with E-state index in [1.165, 1.54) is 0 Å². The first kappa shape index (κ1) is 12.4. The Hall–Kier alpha value is -0.650.